The fraction of sp³-hybridized carbons (Fsp3) is 0.538. The molecule has 0 atom stereocenters. The molecule has 1 aliphatic rings. The van der Waals surface area contributed by atoms with E-state index in [4.69, 9.17) is 5.73 Å². The van der Waals surface area contributed by atoms with E-state index < -0.39 is 11.7 Å². The van der Waals surface area contributed by atoms with Crippen molar-refractivity contribution in [3.05, 3.63) is 29.8 Å². The number of halogens is 3. The van der Waals surface area contributed by atoms with Crippen LogP contribution in [0.1, 0.15) is 31.2 Å². The van der Waals surface area contributed by atoms with E-state index in [1.165, 1.54) is 12.1 Å². The minimum absolute atomic E-state index is 0.136. The maximum absolute atomic E-state index is 12.9. The molecule has 1 aliphatic carbocycles. The van der Waals surface area contributed by atoms with Gasteiger partial charge in [-0.2, -0.15) is 13.2 Å². The zero-order valence-corrected chi connectivity index (χ0v) is 10.1. The van der Waals surface area contributed by atoms with Gasteiger partial charge in [0.2, 0.25) is 0 Å². The highest BCUT2D eigenvalue weighted by Gasteiger charge is 2.37. The van der Waals surface area contributed by atoms with Crippen LogP contribution in [0.4, 0.5) is 18.9 Å². The molecule has 18 heavy (non-hydrogen) atoms. The minimum atomic E-state index is -4.34. The topological polar surface area (TPSA) is 38.0 Å². The molecule has 1 aromatic rings. The smallest absolute Gasteiger partial charge is 0.378 e. The van der Waals surface area contributed by atoms with E-state index in [1.807, 2.05) is 0 Å². The van der Waals surface area contributed by atoms with Gasteiger partial charge in [-0.05, 0) is 25.0 Å². The molecule has 0 spiro atoms. The van der Waals surface area contributed by atoms with Crippen LogP contribution >= 0.6 is 0 Å². The first kappa shape index (κ1) is 13.2. The second-order valence-electron chi connectivity index (χ2n) is 4.86. The third-order valence-electron chi connectivity index (χ3n) is 3.58. The third-order valence-corrected chi connectivity index (χ3v) is 3.58. The monoisotopic (exact) mass is 258 g/mol. The van der Waals surface area contributed by atoms with E-state index in [0.717, 1.165) is 31.7 Å². The zero-order valence-electron chi connectivity index (χ0n) is 10.1. The van der Waals surface area contributed by atoms with Gasteiger partial charge >= 0.3 is 6.18 Å². The molecule has 0 radical (unpaired) electrons. The first-order chi connectivity index (χ1) is 8.47. The molecule has 0 unspecified atom stereocenters. The molecule has 5 heteroatoms. The van der Waals surface area contributed by atoms with Crippen LogP contribution in [0.3, 0.4) is 0 Å². The van der Waals surface area contributed by atoms with E-state index >= 15 is 0 Å². The van der Waals surface area contributed by atoms with Crippen molar-refractivity contribution in [1.82, 2.24) is 0 Å². The first-order valence-corrected chi connectivity index (χ1v) is 6.11. The summed E-state index contributed by atoms with van der Waals surface area (Å²) < 4.78 is 38.6. The first-order valence-electron chi connectivity index (χ1n) is 6.11. The Bertz CT molecular complexity index is 409. The van der Waals surface area contributed by atoms with Gasteiger partial charge < -0.3 is 11.1 Å². The van der Waals surface area contributed by atoms with E-state index in [1.54, 1.807) is 6.07 Å². The van der Waals surface area contributed by atoms with Gasteiger partial charge in [-0.3, -0.25) is 0 Å². The van der Waals surface area contributed by atoms with E-state index in [-0.39, 0.29) is 11.2 Å². The van der Waals surface area contributed by atoms with Gasteiger partial charge in [0.15, 0.2) is 0 Å². The lowest BCUT2D eigenvalue weighted by molar-refractivity contribution is -0.137. The Labute approximate surface area is 104 Å². The SMILES string of the molecule is NCC1(Nc2ccccc2C(F)(F)F)CCCC1. The fourth-order valence-electron chi connectivity index (χ4n) is 2.56. The van der Waals surface area contributed by atoms with Gasteiger partial charge in [-0.15, -0.1) is 0 Å². The molecule has 1 saturated carbocycles. The largest absolute Gasteiger partial charge is 0.418 e. The van der Waals surface area contributed by atoms with Crippen molar-refractivity contribution in [2.24, 2.45) is 5.73 Å². The number of hydrogen-bond donors (Lipinski definition) is 2. The highest BCUT2D eigenvalue weighted by atomic mass is 19.4. The molecule has 0 aromatic heterocycles. The zero-order chi connectivity index (χ0) is 13.2. The molecule has 0 aliphatic heterocycles. The Morgan fingerprint density at radius 3 is 2.33 bits per heavy atom. The van der Waals surface area contributed by atoms with Crippen molar-refractivity contribution < 1.29 is 13.2 Å². The molecular weight excluding hydrogens is 241 g/mol. The summed E-state index contributed by atoms with van der Waals surface area (Å²) >= 11 is 0. The summed E-state index contributed by atoms with van der Waals surface area (Å²) in [6, 6.07) is 5.58. The normalized spacial score (nSPS) is 18.9. The van der Waals surface area contributed by atoms with Crippen LogP contribution in [0.5, 0.6) is 0 Å². The highest BCUT2D eigenvalue weighted by molar-refractivity contribution is 5.54. The Balaban J connectivity index is 2.29. The lowest BCUT2D eigenvalue weighted by Gasteiger charge is -2.31. The van der Waals surface area contributed by atoms with Crippen LogP contribution in [0.2, 0.25) is 0 Å². The number of nitrogens with one attached hydrogen (secondary N) is 1. The standard InChI is InChI=1S/C13H17F3N2/c14-13(15,16)10-5-1-2-6-11(10)18-12(9-17)7-3-4-8-12/h1-2,5-6,18H,3-4,7-9,17H2. The van der Waals surface area contributed by atoms with Gasteiger partial charge in [0.1, 0.15) is 0 Å². The average Bonchev–Trinajstić information content (AvgIpc) is 2.78. The fourth-order valence-corrected chi connectivity index (χ4v) is 2.56. The third kappa shape index (κ3) is 2.61. The molecule has 2 rings (SSSR count). The van der Waals surface area contributed by atoms with Crippen LogP contribution in [0, 0.1) is 0 Å². The van der Waals surface area contributed by atoms with Gasteiger partial charge in [0.05, 0.1) is 5.56 Å². The summed E-state index contributed by atoms with van der Waals surface area (Å²) in [4.78, 5) is 0. The van der Waals surface area contributed by atoms with Crippen molar-refractivity contribution in [2.45, 2.75) is 37.4 Å². The second kappa shape index (κ2) is 4.80. The summed E-state index contributed by atoms with van der Waals surface area (Å²) in [7, 11) is 0. The predicted octanol–water partition coefficient (Wildman–Crippen LogP) is 3.39. The van der Waals surface area contributed by atoms with Gasteiger partial charge in [-0.25, -0.2) is 0 Å². The maximum atomic E-state index is 12.9. The summed E-state index contributed by atoms with van der Waals surface area (Å²) in [5, 5.41) is 3.03. The minimum Gasteiger partial charge on any atom is -0.378 e. The van der Waals surface area contributed by atoms with E-state index in [2.05, 4.69) is 5.32 Å². The molecule has 2 nitrogen and oxygen atoms in total. The second-order valence-corrected chi connectivity index (χ2v) is 4.86. The number of hydrogen-bond acceptors (Lipinski definition) is 2. The number of alkyl halides is 3. The number of para-hydroxylation sites is 1. The molecular formula is C13H17F3N2. The van der Waals surface area contributed by atoms with Gasteiger partial charge in [0.25, 0.3) is 0 Å². The Kier molecular flexibility index (Phi) is 3.52. The van der Waals surface area contributed by atoms with Crippen LogP contribution in [0.25, 0.3) is 0 Å². The lowest BCUT2D eigenvalue weighted by atomic mass is 9.96. The number of anilines is 1. The lowest BCUT2D eigenvalue weighted by Crippen LogP contribution is -2.43. The predicted molar refractivity (Wildman–Crippen MR) is 65.3 cm³/mol. The Morgan fingerprint density at radius 2 is 1.78 bits per heavy atom. The molecule has 100 valence electrons. The molecule has 0 amide bonds. The van der Waals surface area contributed by atoms with Crippen molar-refractivity contribution in [1.29, 1.82) is 0 Å². The average molecular weight is 258 g/mol. The van der Waals surface area contributed by atoms with E-state index in [0.29, 0.717) is 6.54 Å². The van der Waals surface area contributed by atoms with Crippen molar-refractivity contribution in [3.63, 3.8) is 0 Å². The molecule has 0 saturated heterocycles. The number of rotatable bonds is 3. The Hall–Kier alpha value is -1.23. The number of nitrogens with two attached hydrogens (primary N) is 1. The summed E-state index contributed by atoms with van der Waals surface area (Å²) in [6.07, 6.45) is -0.653. The summed E-state index contributed by atoms with van der Waals surface area (Å²) in [6.45, 7) is 0.360. The maximum Gasteiger partial charge on any atom is 0.418 e. The van der Waals surface area contributed by atoms with Crippen molar-refractivity contribution >= 4 is 5.69 Å². The Morgan fingerprint density at radius 1 is 1.17 bits per heavy atom. The van der Waals surface area contributed by atoms with Crippen LogP contribution < -0.4 is 11.1 Å². The van der Waals surface area contributed by atoms with Crippen molar-refractivity contribution in [3.8, 4) is 0 Å². The van der Waals surface area contributed by atoms with Crippen LogP contribution in [0.15, 0.2) is 24.3 Å². The molecule has 1 fully saturated rings. The molecule has 0 heterocycles. The quantitative estimate of drug-likeness (QED) is 0.872. The number of benzene rings is 1. The van der Waals surface area contributed by atoms with Gasteiger partial charge in [0, 0.05) is 17.8 Å². The van der Waals surface area contributed by atoms with E-state index in [9.17, 15) is 13.2 Å². The van der Waals surface area contributed by atoms with Crippen molar-refractivity contribution in [2.75, 3.05) is 11.9 Å². The molecule has 3 N–H and O–H groups in total. The van der Waals surface area contributed by atoms with Gasteiger partial charge in [-0.1, -0.05) is 25.0 Å². The summed E-state index contributed by atoms with van der Waals surface area (Å²) in [5.74, 6) is 0. The summed E-state index contributed by atoms with van der Waals surface area (Å²) in [5.41, 5.74) is 4.87. The molecule has 1 aromatic carbocycles. The highest BCUT2D eigenvalue weighted by Crippen LogP contribution is 2.38. The van der Waals surface area contributed by atoms with Crippen LogP contribution in [-0.4, -0.2) is 12.1 Å². The van der Waals surface area contributed by atoms with Crippen LogP contribution in [-0.2, 0) is 6.18 Å². The molecule has 0 bridgehead atoms.